The summed E-state index contributed by atoms with van der Waals surface area (Å²) in [6.45, 7) is 4.14. The molecule has 0 atom stereocenters. The average molecular weight is 395 g/mol. The molecule has 26 heavy (non-hydrogen) atoms. The lowest BCUT2D eigenvalue weighted by molar-refractivity contribution is -0.113. The molecule has 0 saturated heterocycles. The van der Waals surface area contributed by atoms with E-state index < -0.39 is 5.82 Å². The van der Waals surface area contributed by atoms with Gasteiger partial charge in [-0.15, -0.1) is 0 Å². The van der Waals surface area contributed by atoms with E-state index in [-0.39, 0.29) is 22.2 Å². The van der Waals surface area contributed by atoms with Crippen molar-refractivity contribution in [1.29, 1.82) is 0 Å². The number of carbonyl (C=O) groups excluding carboxylic acids is 1. The third kappa shape index (κ3) is 3.76. The molecule has 0 spiro atoms. The highest BCUT2D eigenvalue weighted by molar-refractivity contribution is 7.99. The molecule has 0 aliphatic rings. The molecule has 3 rings (SSSR count). The lowest BCUT2D eigenvalue weighted by Gasteiger charge is -2.10. The molecular weight excluding hydrogens is 379 g/mol. The molecule has 0 bridgehead atoms. The highest BCUT2D eigenvalue weighted by Crippen LogP contribution is 2.21. The number of carbonyl (C=O) groups is 1. The maximum Gasteiger partial charge on any atom is 0.278 e. The maximum atomic E-state index is 13.2. The molecule has 0 fully saturated rings. The van der Waals surface area contributed by atoms with E-state index in [0.29, 0.717) is 28.4 Å². The number of anilines is 1. The van der Waals surface area contributed by atoms with Crippen molar-refractivity contribution in [2.75, 3.05) is 11.1 Å². The second-order valence-electron chi connectivity index (χ2n) is 5.62. The Morgan fingerprint density at radius 3 is 2.88 bits per heavy atom. The van der Waals surface area contributed by atoms with Crippen molar-refractivity contribution < 1.29 is 9.18 Å². The predicted molar refractivity (Wildman–Crippen MR) is 102 cm³/mol. The van der Waals surface area contributed by atoms with Gasteiger partial charge in [-0.25, -0.2) is 9.37 Å². The number of aryl methyl sites for hydroxylation is 1. The molecule has 2 heterocycles. The molecule has 1 aromatic carbocycles. The Kier molecular flexibility index (Phi) is 5.33. The smallest absolute Gasteiger partial charge is 0.278 e. The fraction of sp³-hybridized carbons (Fsp3) is 0.235. The lowest BCUT2D eigenvalue weighted by atomic mass is 10.3. The van der Waals surface area contributed by atoms with Crippen molar-refractivity contribution in [1.82, 2.24) is 14.5 Å². The van der Waals surface area contributed by atoms with Gasteiger partial charge >= 0.3 is 0 Å². The van der Waals surface area contributed by atoms with E-state index >= 15 is 0 Å². The van der Waals surface area contributed by atoms with Gasteiger partial charge in [0.25, 0.3) is 5.56 Å². The summed E-state index contributed by atoms with van der Waals surface area (Å²) >= 11 is 6.87. The van der Waals surface area contributed by atoms with Gasteiger partial charge in [-0.05, 0) is 38.1 Å². The minimum absolute atomic E-state index is 0.0519. The fourth-order valence-corrected chi connectivity index (χ4v) is 3.54. The Balaban J connectivity index is 1.77. The van der Waals surface area contributed by atoms with Crippen LogP contribution in [0.2, 0.25) is 5.02 Å². The molecule has 0 saturated carbocycles. The quantitative estimate of drug-likeness (QED) is 0.512. The zero-order valence-corrected chi connectivity index (χ0v) is 15.7. The van der Waals surface area contributed by atoms with Gasteiger partial charge in [-0.1, -0.05) is 23.4 Å². The average Bonchev–Trinajstić information content (AvgIpc) is 2.97. The lowest BCUT2D eigenvalue weighted by Crippen LogP contribution is -2.23. The minimum atomic E-state index is -0.551. The minimum Gasteiger partial charge on any atom is -0.353 e. The van der Waals surface area contributed by atoms with Crippen LogP contribution in [0.4, 0.5) is 10.1 Å². The largest absolute Gasteiger partial charge is 0.353 e. The van der Waals surface area contributed by atoms with Gasteiger partial charge in [0.2, 0.25) is 5.91 Å². The van der Waals surface area contributed by atoms with Crippen LogP contribution < -0.4 is 10.9 Å². The van der Waals surface area contributed by atoms with Gasteiger partial charge in [-0.2, -0.15) is 0 Å². The molecule has 9 heteroatoms. The molecule has 0 radical (unpaired) electrons. The number of fused-ring (bicyclic) bond motifs is 1. The van der Waals surface area contributed by atoms with Gasteiger partial charge < -0.3 is 10.3 Å². The number of H-pyrrole nitrogens is 1. The van der Waals surface area contributed by atoms with Crippen molar-refractivity contribution in [2.45, 2.75) is 25.5 Å². The topological polar surface area (TPSA) is 79.8 Å². The van der Waals surface area contributed by atoms with E-state index in [1.54, 1.807) is 6.07 Å². The third-order valence-electron chi connectivity index (χ3n) is 3.69. The van der Waals surface area contributed by atoms with Crippen LogP contribution in [0.3, 0.4) is 0 Å². The zero-order valence-electron chi connectivity index (χ0n) is 14.1. The second-order valence-corrected chi connectivity index (χ2v) is 6.97. The first kappa shape index (κ1) is 18.5. The fourth-order valence-electron chi connectivity index (χ4n) is 2.50. The third-order valence-corrected chi connectivity index (χ3v) is 4.96. The number of hydrogen-bond donors (Lipinski definition) is 2. The van der Waals surface area contributed by atoms with Crippen molar-refractivity contribution >= 4 is 46.0 Å². The first-order chi connectivity index (χ1) is 12.4. The Morgan fingerprint density at radius 2 is 2.19 bits per heavy atom. The number of hydrogen-bond acceptors (Lipinski definition) is 4. The summed E-state index contributed by atoms with van der Waals surface area (Å²) in [5.74, 6) is -0.804. The molecule has 0 aliphatic heterocycles. The first-order valence-electron chi connectivity index (χ1n) is 7.87. The summed E-state index contributed by atoms with van der Waals surface area (Å²) in [4.78, 5) is 32.2. The highest BCUT2D eigenvalue weighted by atomic mass is 35.5. The van der Waals surface area contributed by atoms with E-state index in [9.17, 15) is 14.0 Å². The number of amides is 1. The van der Waals surface area contributed by atoms with Crippen molar-refractivity contribution in [3.63, 3.8) is 0 Å². The van der Waals surface area contributed by atoms with Crippen LogP contribution in [0.5, 0.6) is 0 Å². The number of nitrogens with zero attached hydrogens (tertiary/aromatic N) is 2. The van der Waals surface area contributed by atoms with E-state index in [0.717, 1.165) is 17.5 Å². The van der Waals surface area contributed by atoms with E-state index in [1.165, 1.54) is 22.8 Å². The molecule has 136 valence electrons. The number of aromatic amines is 1. The second kappa shape index (κ2) is 7.51. The summed E-state index contributed by atoms with van der Waals surface area (Å²) in [6, 6.07) is 5.75. The molecule has 1 amide bonds. The molecule has 2 N–H and O–H groups in total. The van der Waals surface area contributed by atoms with Gasteiger partial charge in [0.1, 0.15) is 11.3 Å². The number of benzene rings is 1. The molecule has 0 unspecified atom stereocenters. The van der Waals surface area contributed by atoms with E-state index in [2.05, 4.69) is 15.3 Å². The SMILES string of the molecule is CCn1c(SCC(=O)Nc2ccc(F)c(Cl)c2)nc2cc(C)[nH]c2c1=O. The normalized spacial score (nSPS) is 11.1. The van der Waals surface area contributed by atoms with E-state index in [4.69, 9.17) is 11.6 Å². The number of halogens is 2. The number of rotatable bonds is 5. The van der Waals surface area contributed by atoms with Crippen LogP contribution in [0, 0.1) is 12.7 Å². The zero-order chi connectivity index (χ0) is 18.8. The summed E-state index contributed by atoms with van der Waals surface area (Å²) in [7, 11) is 0. The molecule has 6 nitrogen and oxygen atoms in total. The van der Waals surface area contributed by atoms with E-state index in [1.807, 2.05) is 13.8 Å². The molecule has 3 aromatic rings. The van der Waals surface area contributed by atoms with Crippen LogP contribution in [-0.4, -0.2) is 26.2 Å². The van der Waals surface area contributed by atoms with Crippen molar-refractivity contribution in [3.8, 4) is 0 Å². The van der Waals surface area contributed by atoms with Crippen LogP contribution >= 0.6 is 23.4 Å². The van der Waals surface area contributed by atoms with Crippen LogP contribution in [0.1, 0.15) is 12.6 Å². The predicted octanol–water partition coefficient (Wildman–Crippen LogP) is 3.58. The van der Waals surface area contributed by atoms with Crippen LogP contribution in [-0.2, 0) is 11.3 Å². The molecular formula is C17H16ClFN4O2S. The number of nitrogens with one attached hydrogen (secondary N) is 2. The van der Waals surface area contributed by atoms with Gasteiger partial charge in [-0.3, -0.25) is 14.2 Å². The highest BCUT2D eigenvalue weighted by Gasteiger charge is 2.14. The maximum absolute atomic E-state index is 13.2. The summed E-state index contributed by atoms with van der Waals surface area (Å²) in [5.41, 5.74) is 2.11. The number of thioether (sulfide) groups is 1. The Morgan fingerprint density at radius 1 is 1.42 bits per heavy atom. The Labute approximate surface area is 157 Å². The van der Waals surface area contributed by atoms with Crippen molar-refractivity contribution in [2.24, 2.45) is 0 Å². The molecule has 0 aliphatic carbocycles. The summed E-state index contributed by atoms with van der Waals surface area (Å²) < 4.78 is 14.7. The Bertz CT molecular complexity index is 1050. The standard InChI is InChI=1S/C17H16ClFN4O2S/c1-3-23-16(25)15-13(6-9(2)20-15)22-17(23)26-8-14(24)21-10-4-5-12(19)11(18)7-10/h4-7,20H,3,8H2,1-2H3,(H,21,24). The Hall–Kier alpha value is -2.32. The van der Waals surface area contributed by atoms with Gasteiger partial charge in [0, 0.05) is 17.9 Å². The molecule has 2 aromatic heterocycles. The first-order valence-corrected chi connectivity index (χ1v) is 9.23. The van der Waals surface area contributed by atoms with Crippen molar-refractivity contribution in [3.05, 3.63) is 51.2 Å². The summed E-state index contributed by atoms with van der Waals surface area (Å²) in [6.07, 6.45) is 0. The number of aromatic nitrogens is 3. The van der Waals surface area contributed by atoms with Crippen LogP contribution in [0.15, 0.2) is 34.2 Å². The van der Waals surface area contributed by atoms with Gasteiger partial charge in [0.05, 0.1) is 16.3 Å². The van der Waals surface area contributed by atoms with Gasteiger partial charge in [0.15, 0.2) is 5.16 Å². The van der Waals surface area contributed by atoms with Crippen LogP contribution in [0.25, 0.3) is 11.0 Å². The monoisotopic (exact) mass is 394 g/mol. The summed E-state index contributed by atoms with van der Waals surface area (Å²) in [5, 5.41) is 3.05.